The van der Waals surface area contributed by atoms with Crippen molar-refractivity contribution >= 4 is 11.6 Å². The number of pyridine rings is 1. The molecule has 2 heterocycles. The average Bonchev–Trinajstić information content (AvgIpc) is 2.38. The van der Waals surface area contributed by atoms with Crippen LogP contribution in [-0.4, -0.2) is 36.6 Å². The Morgan fingerprint density at radius 2 is 2.05 bits per heavy atom. The van der Waals surface area contributed by atoms with E-state index < -0.39 is 11.6 Å². The van der Waals surface area contributed by atoms with E-state index in [4.69, 9.17) is 5.73 Å². The van der Waals surface area contributed by atoms with Gasteiger partial charge >= 0.3 is 0 Å². The molecule has 1 aromatic heterocycles. The van der Waals surface area contributed by atoms with Crippen molar-refractivity contribution in [3.05, 3.63) is 17.7 Å². The number of anilines is 2. The molecule has 0 bridgehead atoms. The molecule has 0 atom stereocenters. The molecule has 106 valence electrons. The lowest BCUT2D eigenvalue weighted by atomic mass is 9.94. The molecule has 0 aromatic carbocycles. The third-order valence-corrected chi connectivity index (χ3v) is 3.64. The van der Waals surface area contributed by atoms with E-state index in [9.17, 15) is 8.78 Å². The van der Waals surface area contributed by atoms with Crippen LogP contribution < -0.4 is 11.1 Å². The maximum absolute atomic E-state index is 13.4. The number of hydrogen-bond donors (Lipinski definition) is 2. The molecule has 0 saturated carbocycles. The Labute approximate surface area is 112 Å². The summed E-state index contributed by atoms with van der Waals surface area (Å²) >= 11 is 0. The molecule has 19 heavy (non-hydrogen) atoms. The van der Waals surface area contributed by atoms with Gasteiger partial charge in [-0.2, -0.15) is 0 Å². The predicted molar refractivity (Wildman–Crippen MR) is 71.9 cm³/mol. The van der Waals surface area contributed by atoms with Crippen molar-refractivity contribution < 1.29 is 8.78 Å². The van der Waals surface area contributed by atoms with Crippen LogP contribution >= 0.6 is 0 Å². The summed E-state index contributed by atoms with van der Waals surface area (Å²) in [7, 11) is 2.12. The monoisotopic (exact) mass is 270 g/mol. The summed E-state index contributed by atoms with van der Waals surface area (Å²) in [5.74, 6) is -1.10. The molecule has 4 nitrogen and oxygen atoms in total. The van der Waals surface area contributed by atoms with Gasteiger partial charge < -0.3 is 16.0 Å². The van der Waals surface area contributed by atoms with Crippen LogP contribution in [0.4, 0.5) is 20.4 Å². The maximum atomic E-state index is 13.4. The Hall–Kier alpha value is -1.43. The number of halogens is 2. The second-order valence-corrected chi connectivity index (χ2v) is 5.15. The number of nitrogens with zero attached hydrogens (tertiary/aromatic N) is 2. The number of likely N-dealkylation sites (tertiary alicyclic amines) is 1. The first-order valence-corrected chi connectivity index (χ1v) is 6.60. The van der Waals surface area contributed by atoms with Gasteiger partial charge in [-0.05, 0) is 45.3 Å². The zero-order chi connectivity index (χ0) is 13.8. The summed E-state index contributed by atoms with van der Waals surface area (Å²) in [5, 5.41) is 2.89. The van der Waals surface area contributed by atoms with Crippen molar-refractivity contribution in [2.24, 2.45) is 5.92 Å². The van der Waals surface area contributed by atoms with E-state index in [1.165, 1.54) is 12.8 Å². The Morgan fingerprint density at radius 1 is 1.37 bits per heavy atom. The summed E-state index contributed by atoms with van der Waals surface area (Å²) < 4.78 is 26.4. The van der Waals surface area contributed by atoms with Crippen molar-refractivity contribution in [3.8, 4) is 0 Å². The standard InChI is InChI=1S/C13H20F2N4/c1-19-6-3-9(4-7-19)2-5-17-13-11(15)8-10(14)12(16)18-13/h8-9H,2-7H2,1H3,(H3,16,17,18). The van der Waals surface area contributed by atoms with Gasteiger partial charge in [-0.15, -0.1) is 0 Å². The van der Waals surface area contributed by atoms with Crippen LogP contribution in [0.2, 0.25) is 0 Å². The van der Waals surface area contributed by atoms with Gasteiger partial charge in [-0.3, -0.25) is 0 Å². The number of nitrogens with two attached hydrogens (primary N) is 1. The lowest BCUT2D eigenvalue weighted by Crippen LogP contribution is -2.30. The van der Waals surface area contributed by atoms with E-state index >= 15 is 0 Å². The average molecular weight is 270 g/mol. The van der Waals surface area contributed by atoms with Gasteiger partial charge in [0.2, 0.25) is 0 Å². The number of hydrogen-bond acceptors (Lipinski definition) is 4. The second kappa shape index (κ2) is 6.14. The smallest absolute Gasteiger partial charge is 0.168 e. The molecule has 6 heteroatoms. The molecule has 1 fully saturated rings. The maximum Gasteiger partial charge on any atom is 0.168 e. The fourth-order valence-electron chi connectivity index (χ4n) is 2.35. The van der Waals surface area contributed by atoms with Crippen molar-refractivity contribution in [1.82, 2.24) is 9.88 Å². The van der Waals surface area contributed by atoms with Crippen molar-refractivity contribution in [3.63, 3.8) is 0 Å². The summed E-state index contributed by atoms with van der Waals surface area (Å²) in [4.78, 5) is 5.99. The molecule has 0 amide bonds. The van der Waals surface area contributed by atoms with Gasteiger partial charge in [-0.25, -0.2) is 13.8 Å². The first kappa shape index (κ1) is 14.0. The highest BCUT2D eigenvalue weighted by Gasteiger charge is 2.16. The number of aromatic nitrogens is 1. The lowest BCUT2D eigenvalue weighted by Gasteiger charge is -2.28. The zero-order valence-corrected chi connectivity index (χ0v) is 11.1. The van der Waals surface area contributed by atoms with E-state index in [0.717, 1.165) is 25.6 Å². The summed E-state index contributed by atoms with van der Waals surface area (Å²) in [6.45, 7) is 2.85. The molecular weight excluding hydrogens is 250 g/mol. The van der Waals surface area contributed by atoms with Crippen molar-refractivity contribution in [2.75, 3.05) is 37.7 Å². The predicted octanol–water partition coefficient (Wildman–Crippen LogP) is 2.09. The minimum atomic E-state index is -0.821. The summed E-state index contributed by atoms with van der Waals surface area (Å²) in [6, 6.07) is 0.764. The van der Waals surface area contributed by atoms with E-state index in [1.807, 2.05) is 0 Å². The molecule has 3 N–H and O–H groups in total. The number of nitrogens with one attached hydrogen (secondary N) is 1. The Bertz CT molecular complexity index is 431. The van der Waals surface area contributed by atoms with Crippen LogP contribution in [0.3, 0.4) is 0 Å². The van der Waals surface area contributed by atoms with Gasteiger partial charge in [0.05, 0.1) is 0 Å². The lowest BCUT2D eigenvalue weighted by molar-refractivity contribution is 0.215. The number of piperidine rings is 1. The molecule has 1 aromatic rings. The van der Waals surface area contributed by atoms with Gasteiger partial charge in [-0.1, -0.05) is 0 Å². The summed E-state index contributed by atoms with van der Waals surface area (Å²) in [5.41, 5.74) is 5.32. The van der Waals surface area contributed by atoms with Gasteiger partial charge in [0, 0.05) is 12.6 Å². The van der Waals surface area contributed by atoms with E-state index in [1.54, 1.807) is 0 Å². The van der Waals surface area contributed by atoms with Crippen LogP contribution in [0, 0.1) is 17.6 Å². The fourth-order valence-corrected chi connectivity index (χ4v) is 2.35. The van der Waals surface area contributed by atoms with Crippen LogP contribution in [0.1, 0.15) is 19.3 Å². The Kier molecular flexibility index (Phi) is 4.52. The largest absolute Gasteiger partial charge is 0.381 e. The molecular formula is C13H20F2N4. The minimum absolute atomic E-state index is 0.0341. The van der Waals surface area contributed by atoms with Crippen molar-refractivity contribution in [1.29, 1.82) is 0 Å². The highest BCUT2D eigenvalue weighted by molar-refractivity contribution is 5.44. The quantitative estimate of drug-likeness (QED) is 0.879. The Morgan fingerprint density at radius 3 is 2.74 bits per heavy atom. The number of nitrogen functional groups attached to an aromatic ring is 1. The van der Waals surface area contributed by atoms with Crippen LogP contribution in [0.15, 0.2) is 6.07 Å². The highest BCUT2D eigenvalue weighted by atomic mass is 19.1. The third kappa shape index (κ3) is 3.76. The highest BCUT2D eigenvalue weighted by Crippen LogP contribution is 2.20. The molecule has 1 aliphatic rings. The first-order valence-electron chi connectivity index (χ1n) is 6.60. The van der Waals surface area contributed by atoms with Crippen LogP contribution in [0.25, 0.3) is 0 Å². The molecule has 0 unspecified atom stereocenters. The van der Waals surface area contributed by atoms with Crippen LogP contribution in [-0.2, 0) is 0 Å². The molecule has 0 spiro atoms. The fraction of sp³-hybridized carbons (Fsp3) is 0.615. The topological polar surface area (TPSA) is 54.2 Å². The van der Waals surface area contributed by atoms with Gasteiger partial charge in [0.1, 0.15) is 0 Å². The van der Waals surface area contributed by atoms with E-state index in [2.05, 4.69) is 22.2 Å². The first-order chi connectivity index (χ1) is 9.06. The Balaban J connectivity index is 1.81. The molecule has 0 radical (unpaired) electrons. The second-order valence-electron chi connectivity index (χ2n) is 5.15. The molecule has 0 aliphatic carbocycles. The zero-order valence-electron chi connectivity index (χ0n) is 11.1. The third-order valence-electron chi connectivity index (χ3n) is 3.64. The van der Waals surface area contributed by atoms with Gasteiger partial charge in [0.15, 0.2) is 23.3 Å². The van der Waals surface area contributed by atoms with Gasteiger partial charge in [0.25, 0.3) is 0 Å². The molecule has 1 aliphatic heterocycles. The van der Waals surface area contributed by atoms with Crippen molar-refractivity contribution in [2.45, 2.75) is 19.3 Å². The molecule has 2 rings (SSSR count). The van der Waals surface area contributed by atoms with E-state index in [0.29, 0.717) is 12.5 Å². The number of rotatable bonds is 4. The summed E-state index contributed by atoms with van der Waals surface area (Å²) in [6.07, 6.45) is 3.30. The molecule has 1 saturated heterocycles. The van der Waals surface area contributed by atoms with E-state index in [-0.39, 0.29) is 11.6 Å². The van der Waals surface area contributed by atoms with Crippen LogP contribution in [0.5, 0.6) is 0 Å². The normalized spacial score (nSPS) is 17.6. The SMILES string of the molecule is CN1CCC(CCNc2nc(N)c(F)cc2F)CC1. The minimum Gasteiger partial charge on any atom is -0.381 e.